The van der Waals surface area contributed by atoms with Gasteiger partial charge in [0.05, 0.1) is 5.75 Å². The van der Waals surface area contributed by atoms with E-state index in [1.165, 1.54) is 12.6 Å². The van der Waals surface area contributed by atoms with Crippen LogP contribution in [0, 0.1) is 6.92 Å². The Morgan fingerprint density at radius 1 is 1.44 bits per heavy atom. The van der Waals surface area contributed by atoms with Crippen molar-refractivity contribution in [3.8, 4) is 0 Å². The molecule has 1 atom stereocenters. The van der Waals surface area contributed by atoms with Crippen molar-refractivity contribution in [3.05, 3.63) is 24.0 Å². The van der Waals surface area contributed by atoms with Gasteiger partial charge in [-0.05, 0) is 31.5 Å². The molecule has 2 aromatic rings. The van der Waals surface area contributed by atoms with Crippen molar-refractivity contribution in [3.63, 3.8) is 0 Å². The summed E-state index contributed by atoms with van der Waals surface area (Å²) in [6, 6.07) is 3.65. The van der Waals surface area contributed by atoms with E-state index in [0.717, 1.165) is 17.0 Å². The smallest absolute Gasteiger partial charge is 0.157 e. The number of fused-ring (bicyclic) bond motifs is 1. The normalized spacial score (nSPS) is 13.7. The second-order valence-electron chi connectivity index (χ2n) is 4.59. The Morgan fingerprint density at radius 3 is 2.83 bits per heavy atom. The van der Waals surface area contributed by atoms with E-state index in [4.69, 9.17) is 0 Å². The van der Waals surface area contributed by atoms with Crippen molar-refractivity contribution in [1.29, 1.82) is 0 Å². The van der Waals surface area contributed by atoms with Gasteiger partial charge in [0.1, 0.15) is 22.0 Å². The summed E-state index contributed by atoms with van der Waals surface area (Å²) >= 11 is 0. The minimum atomic E-state index is -3.00. The summed E-state index contributed by atoms with van der Waals surface area (Å²) < 4.78 is 24.1. The maximum Gasteiger partial charge on any atom is 0.157 e. The van der Waals surface area contributed by atoms with Crippen molar-refractivity contribution in [2.45, 2.75) is 19.9 Å². The molecule has 1 N–H and O–H groups in total. The largest absolute Gasteiger partial charge is 0.366 e. The molecule has 6 nitrogen and oxygen atoms in total. The van der Waals surface area contributed by atoms with E-state index >= 15 is 0 Å². The lowest BCUT2D eigenvalue weighted by atomic mass is 10.3. The molecular weight excluding hydrogens is 252 g/mol. The zero-order valence-electron chi connectivity index (χ0n) is 10.6. The molecule has 2 rings (SSSR count). The molecule has 0 bridgehead atoms. The maximum atomic E-state index is 11.2. The van der Waals surface area contributed by atoms with Crippen molar-refractivity contribution in [2.24, 2.45) is 0 Å². The van der Waals surface area contributed by atoms with E-state index in [2.05, 4.69) is 15.4 Å². The highest BCUT2D eigenvalue weighted by atomic mass is 32.2. The molecule has 0 radical (unpaired) electrons. The van der Waals surface area contributed by atoms with Crippen molar-refractivity contribution < 1.29 is 8.42 Å². The lowest BCUT2D eigenvalue weighted by Crippen LogP contribution is -2.26. The van der Waals surface area contributed by atoms with Crippen LogP contribution in [0.3, 0.4) is 0 Å². The first-order valence-corrected chi connectivity index (χ1v) is 7.66. The van der Waals surface area contributed by atoms with Crippen LogP contribution in [0.25, 0.3) is 5.65 Å². The molecule has 0 fully saturated rings. The van der Waals surface area contributed by atoms with Crippen LogP contribution in [-0.4, -0.2) is 41.1 Å². The van der Waals surface area contributed by atoms with E-state index in [9.17, 15) is 8.42 Å². The van der Waals surface area contributed by atoms with Crippen LogP contribution in [0.2, 0.25) is 0 Å². The highest BCUT2D eigenvalue weighted by Gasteiger charge is 2.12. The number of nitrogens with one attached hydrogen (secondary N) is 1. The number of aryl methyl sites for hydroxylation is 1. The van der Waals surface area contributed by atoms with Crippen LogP contribution in [0.4, 0.5) is 5.82 Å². The molecule has 98 valence electrons. The fourth-order valence-electron chi connectivity index (χ4n) is 1.91. The Kier molecular flexibility index (Phi) is 3.25. The van der Waals surface area contributed by atoms with Gasteiger partial charge in [-0.2, -0.15) is 9.61 Å². The molecular formula is C11H16N4O2S. The molecule has 0 saturated carbocycles. The zero-order valence-corrected chi connectivity index (χ0v) is 11.4. The predicted octanol–water partition coefficient (Wildman–Crippen LogP) is 0.883. The average molecular weight is 268 g/mol. The Morgan fingerprint density at radius 2 is 2.17 bits per heavy atom. The number of aromatic nitrogens is 3. The summed E-state index contributed by atoms with van der Waals surface area (Å²) in [6.45, 7) is 3.78. The summed E-state index contributed by atoms with van der Waals surface area (Å²) in [7, 11) is -3.00. The summed E-state index contributed by atoms with van der Waals surface area (Å²) in [6.07, 6.45) is 2.70. The van der Waals surface area contributed by atoms with Gasteiger partial charge in [-0.1, -0.05) is 0 Å². The molecule has 0 spiro atoms. The van der Waals surface area contributed by atoms with Crippen LogP contribution in [0.15, 0.2) is 18.5 Å². The number of hydrogen-bond donors (Lipinski definition) is 1. The van der Waals surface area contributed by atoms with Crippen molar-refractivity contribution >= 4 is 21.3 Å². The third-order valence-electron chi connectivity index (χ3n) is 2.47. The van der Waals surface area contributed by atoms with Gasteiger partial charge >= 0.3 is 0 Å². The molecule has 7 heteroatoms. The average Bonchev–Trinajstić information content (AvgIpc) is 2.61. The van der Waals surface area contributed by atoms with Gasteiger partial charge < -0.3 is 5.32 Å². The molecule has 0 aliphatic heterocycles. The molecule has 2 heterocycles. The number of pyridine rings is 1. The number of nitrogens with zero attached hydrogens (tertiary/aromatic N) is 3. The second-order valence-corrected chi connectivity index (χ2v) is 6.77. The minimum absolute atomic E-state index is 0.0805. The van der Waals surface area contributed by atoms with Gasteiger partial charge in [0.15, 0.2) is 5.65 Å². The Labute approximate surface area is 106 Å². The highest BCUT2D eigenvalue weighted by molar-refractivity contribution is 7.90. The third-order valence-corrected chi connectivity index (χ3v) is 3.58. The molecule has 0 saturated heterocycles. The van der Waals surface area contributed by atoms with Crippen molar-refractivity contribution in [1.82, 2.24) is 14.6 Å². The zero-order chi connectivity index (χ0) is 13.3. The van der Waals surface area contributed by atoms with Crippen molar-refractivity contribution in [2.75, 3.05) is 17.3 Å². The number of hydrogen-bond acceptors (Lipinski definition) is 5. The first-order valence-electron chi connectivity index (χ1n) is 5.60. The maximum absolute atomic E-state index is 11.2. The van der Waals surface area contributed by atoms with Crippen LogP contribution < -0.4 is 5.32 Å². The predicted molar refractivity (Wildman–Crippen MR) is 70.5 cm³/mol. The Bertz CT molecular complexity index is 663. The SMILES string of the molecule is Cc1cc(NC(C)CS(C)(=O)=O)n2ncnc2c1. The number of anilines is 1. The standard InChI is InChI=1S/C11H16N4O2S/c1-8-4-10-12-7-13-15(10)11(5-8)14-9(2)6-18(3,16)17/h4-5,7,9,14H,6H2,1-3H3. The van der Waals surface area contributed by atoms with E-state index < -0.39 is 9.84 Å². The lowest BCUT2D eigenvalue weighted by molar-refractivity contribution is 0.597. The Hall–Kier alpha value is -1.63. The molecule has 18 heavy (non-hydrogen) atoms. The molecule has 0 aliphatic rings. The fraction of sp³-hybridized carbons (Fsp3) is 0.455. The van der Waals surface area contributed by atoms with Crippen LogP contribution in [0.1, 0.15) is 12.5 Å². The third kappa shape index (κ3) is 2.98. The Balaban J connectivity index is 2.28. The second kappa shape index (κ2) is 4.56. The number of sulfone groups is 1. The van der Waals surface area contributed by atoms with Crippen LogP contribution >= 0.6 is 0 Å². The summed E-state index contributed by atoms with van der Waals surface area (Å²) in [4.78, 5) is 4.12. The molecule has 1 unspecified atom stereocenters. The topological polar surface area (TPSA) is 76.4 Å². The lowest BCUT2D eigenvalue weighted by Gasteiger charge is -2.15. The van der Waals surface area contributed by atoms with Crippen LogP contribution in [0.5, 0.6) is 0 Å². The van der Waals surface area contributed by atoms with Crippen LogP contribution in [-0.2, 0) is 9.84 Å². The van der Waals surface area contributed by atoms with E-state index in [1.54, 1.807) is 4.52 Å². The fourth-order valence-corrected chi connectivity index (χ4v) is 2.90. The highest BCUT2D eigenvalue weighted by Crippen LogP contribution is 2.14. The van der Waals surface area contributed by atoms with Gasteiger partial charge in [0, 0.05) is 12.3 Å². The van der Waals surface area contributed by atoms with Gasteiger partial charge in [0.25, 0.3) is 0 Å². The van der Waals surface area contributed by atoms with Gasteiger partial charge in [-0.3, -0.25) is 0 Å². The van der Waals surface area contributed by atoms with E-state index in [1.807, 2.05) is 26.0 Å². The summed E-state index contributed by atoms with van der Waals surface area (Å²) in [5.74, 6) is 0.829. The molecule has 2 aromatic heterocycles. The van der Waals surface area contributed by atoms with Gasteiger partial charge in [-0.25, -0.2) is 13.4 Å². The monoisotopic (exact) mass is 268 g/mol. The summed E-state index contributed by atoms with van der Waals surface area (Å²) in [5, 5.41) is 7.25. The van der Waals surface area contributed by atoms with Gasteiger partial charge in [0.2, 0.25) is 0 Å². The van der Waals surface area contributed by atoms with Gasteiger partial charge in [-0.15, -0.1) is 0 Å². The molecule has 0 amide bonds. The number of rotatable bonds is 4. The molecule has 0 aliphatic carbocycles. The summed E-state index contributed by atoms with van der Waals surface area (Å²) in [5.41, 5.74) is 1.79. The molecule has 0 aromatic carbocycles. The first kappa shape index (κ1) is 12.8. The van der Waals surface area contributed by atoms with E-state index in [-0.39, 0.29) is 11.8 Å². The van der Waals surface area contributed by atoms with E-state index in [0.29, 0.717) is 0 Å². The first-order chi connectivity index (χ1) is 8.35. The minimum Gasteiger partial charge on any atom is -0.366 e. The quantitative estimate of drug-likeness (QED) is 0.891.